The zero-order valence-corrected chi connectivity index (χ0v) is 10.9. The molecule has 0 spiro atoms. The Bertz CT molecular complexity index is 513. The van der Waals surface area contributed by atoms with Crippen molar-refractivity contribution in [2.24, 2.45) is 0 Å². The lowest BCUT2D eigenvalue weighted by Gasteiger charge is -2.24. The molecular formula is C13H15F3N2O2. The molecule has 110 valence electrons. The van der Waals surface area contributed by atoms with Crippen LogP contribution in [0.1, 0.15) is 23.2 Å². The number of carbonyl (C=O) groups is 1. The number of ether oxygens (including phenoxy) is 1. The number of anilines is 1. The van der Waals surface area contributed by atoms with E-state index >= 15 is 0 Å². The van der Waals surface area contributed by atoms with Gasteiger partial charge in [0.1, 0.15) is 12.3 Å². The van der Waals surface area contributed by atoms with Crippen LogP contribution in [0.2, 0.25) is 0 Å². The second kappa shape index (κ2) is 5.22. The van der Waals surface area contributed by atoms with Gasteiger partial charge in [-0.3, -0.25) is 4.79 Å². The second-order valence-electron chi connectivity index (χ2n) is 4.77. The maximum absolute atomic E-state index is 12.6. The Labute approximate surface area is 114 Å². The Balaban J connectivity index is 2.25. The predicted molar refractivity (Wildman–Crippen MR) is 67.5 cm³/mol. The summed E-state index contributed by atoms with van der Waals surface area (Å²) in [7, 11) is 1.40. The number of amides is 1. The van der Waals surface area contributed by atoms with E-state index in [1.54, 1.807) is 0 Å². The fourth-order valence-electron chi connectivity index (χ4n) is 1.98. The summed E-state index contributed by atoms with van der Waals surface area (Å²) >= 11 is 0. The number of halogens is 3. The summed E-state index contributed by atoms with van der Waals surface area (Å²) in [5.74, 6) is -0.327. The lowest BCUT2D eigenvalue weighted by atomic mass is 10.1. The van der Waals surface area contributed by atoms with Crippen LogP contribution >= 0.6 is 0 Å². The maximum atomic E-state index is 12.6. The maximum Gasteiger partial charge on any atom is 0.406 e. The third-order valence-corrected chi connectivity index (χ3v) is 3.01. The number of rotatable bonds is 4. The van der Waals surface area contributed by atoms with Crippen LogP contribution in [-0.2, 0) is 0 Å². The Morgan fingerprint density at radius 2 is 2.05 bits per heavy atom. The number of hydrogen-bond donors (Lipinski definition) is 1. The van der Waals surface area contributed by atoms with Crippen molar-refractivity contribution >= 4 is 11.6 Å². The van der Waals surface area contributed by atoms with Gasteiger partial charge in [0.25, 0.3) is 5.91 Å². The van der Waals surface area contributed by atoms with Gasteiger partial charge in [0.05, 0.1) is 7.11 Å². The highest BCUT2D eigenvalue weighted by atomic mass is 19.4. The van der Waals surface area contributed by atoms with E-state index in [0.717, 1.165) is 4.90 Å². The number of carbonyl (C=O) groups excluding carboxylic acids is 1. The monoisotopic (exact) mass is 288 g/mol. The van der Waals surface area contributed by atoms with Crippen molar-refractivity contribution in [1.82, 2.24) is 4.90 Å². The van der Waals surface area contributed by atoms with Crippen LogP contribution in [-0.4, -0.2) is 36.7 Å². The van der Waals surface area contributed by atoms with Crippen LogP contribution < -0.4 is 10.5 Å². The third kappa shape index (κ3) is 3.55. The zero-order valence-electron chi connectivity index (χ0n) is 10.9. The summed E-state index contributed by atoms with van der Waals surface area (Å²) in [5.41, 5.74) is 6.00. The van der Waals surface area contributed by atoms with E-state index in [0.29, 0.717) is 18.6 Å². The van der Waals surface area contributed by atoms with E-state index < -0.39 is 18.6 Å². The second-order valence-corrected chi connectivity index (χ2v) is 4.77. The van der Waals surface area contributed by atoms with Gasteiger partial charge in [0, 0.05) is 23.4 Å². The van der Waals surface area contributed by atoms with E-state index in [1.165, 1.54) is 25.3 Å². The molecule has 0 bridgehead atoms. The van der Waals surface area contributed by atoms with Crippen LogP contribution in [0.25, 0.3) is 0 Å². The topological polar surface area (TPSA) is 55.6 Å². The molecule has 0 saturated heterocycles. The molecule has 0 unspecified atom stereocenters. The summed E-state index contributed by atoms with van der Waals surface area (Å²) in [4.78, 5) is 13.1. The number of nitrogen functional groups attached to an aromatic ring is 1. The molecule has 7 heteroatoms. The molecule has 2 N–H and O–H groups in total. The van der Waals surface area contributed by atoms with Gasteiger partial charge >= 0.3 is 6.18 Å². The highest BCUT2D eigenvalue weighted by Gasteiger charge is 2.40. The van der Waals surface area contributed by atoms with E-state index in [4.69, 9.17) is 10.5 Å². The number of hydrogen-bond acceptors (Lipinski definition) is 3. The molecule has 0 heterocycles. The van der Waals surface area contributed by atoms with Gasteiger partial charge in [0.15, 0.2) is 0 Å². The Hall–Kier alpha value is -1.92. The minimum Gasteiger partial charge on any atom is -0.497 e. The summed E-state index contributed by atoms with van der Waals surface area (Å²) < 4.78 is 42.6. The molecule has 0 aromatic heterocycles. The first kappa shape index (κ1) is 14.5. The summed E-state index contributed by atoms with van der Waals surface area (Å²) in [5, 5.41) is 0. The average molecular weight is 288 g/mol. The minimum absolute atomic E-state index is 0.109. The van der Waals surface area contributed by atoms with Crippen molar-refractivity contribution in [2.75, 3.05) is 19.4 Å². The largest absolute Gasteiger partial charge is 0.497 e. The first-order valence-electron chi connectivity index (χ1n) is 6.12. The number of methoxy groups -OCH3 is 1. The van der Waals surface area contributed by atoms with E-state index in [9.17, 15) is 18.0 Å². The van der Waals surface area contributed by atoms with Crippen molar-refractivity contribution in [3.05, 3.63) is 23.8 Å². The number of nitrogens with zero attached hydrogens (tertiary/aromatic N) is 1. The number of benzene rings is 1. The van der Waals surface area contributed by atoms with Gasteiger partial charge in [-0.1, -0.05) is 0 Å². The molecule has 1 aromatic carbocycles. The molecule has 0 aliphatic heterocycles. The van der Waals surface area contributed by atoms with Gasteiger partial charge < -0.3 is 15.4 Å². The Kier molecular flexibility index (Phi) is 3.78. The summed E-state index contributed by atoms with van der Waals surface area (Å²) in [6.07, 6.45) is -3.22. The van der Waals surface area contributed by atoms with Crippen molar-refractivity contribution in [3.63, 3.8) is 0 Å². The SMILES string of the molecule is COc1cc(N)cc(C(=O)N(CC(F)(F)F)C2CC2)c1. The first-order valence-corrected chi connectivity index (χ1v) is 6.12. The van der Waals surface area contributed by atoms with Crippen LogP contribution in [0.15, 0.2) is 18.2 Å². The first-order chi connectivity index (χ1) is 9.30. The molecule has 4 nitrogen and oxygen atoms in total. The fourth-order valence-corrected chi connectivity index (χ4v) is 1.98. The standard InChI is InChI=1S/C13H15F3N2O2/c1-20-11-5-8(4-9(17)6-11)12(19)18(10-2-3-10)7-13(14,15)16/h4-6,10H,2-3,7,17H2,1H3. The third-order valence-electron chi connectivity index (χ3n) is 3.01. The van der Waals surface area contributed by atoms with Gasteiger partial charge in [-0.05, 0) is 25.0 Å². The van der Waals surface area contributed by atoms with Crippen molar-refractivity contribution < 1.29 is 22.7 Å². The quantitative estimate of drug-likeness (QED) is 0.866. The van der Waals surface area contributed by atoms with Crippen molar-refractivity contribution in [3.8, 4) is 5.75 Å². The Morgan fingerprint density at radius 3 is 2.55 bits per heavy atom. The van der Waals surface area contributed by atoms with E-state index in [-0.39, 0.29) is 17.3 Å². The average Bonchev–Trinajstić information content (AvgIpc) is 3.17. The lowest BCUT2D eigenvalue weighted by Crippen LogP contribution is -2.40. The van der Waals surface area contributed by atoms with Crippen molar-refractivity contribution in [1.29, 1.82) is 0 Å². The van der Waals surface area contributed by atoms with Gasteiger partial charge in [0.2, 0.25) is 0 Å². The molecule has 1 aromatic rings. The van der Waals surface area contributed by atoms with Crippen LogP contribution in [0.3, 0.4) is 0 Å². The lowest BCUT2D eigenvalue weighted by molar-refractivity contribution is -0.141. The minimum atomic E-state index is -4.41. The van der Waals surface area contributed by atoms with Gasteiger partial charge in [-0.15, -0.1) is 0 Å². The van der Waals surface area contributed by atoms with E-state index in [1.807, 2.05) is 0 Å². The summed E-state index contributed by atoms with van der Waals surface area (Å²) in [6.45, 7) is -1.24. The molecule has 1 amide bonds. The fraction of sp³-hybridized carbons (Fsp3) is 0.462. The van der Waals surface area contributed by atoms with E-state index in [2.05, 4.69) is 0 Å². The normalized spacial score (nSPS) is 15.0. The molecular weight excluding hydrogens is 273 g/mol. The highest BCUT2D eigenvalue weighted by molar-refractivity contribution is 5.96. The van der Waals surface area contributed by atoms with Gasteiger partial charge in [-0.25, -0.2) is 0 Å². The smallest absolute Gasteiger partial charge is 0.406 e. The van der Waals surface area contributed by atoms with Crippen molar-refractivity contribution in [2.45, 2.75) is 25.1 Å². The summed E-state index contributed by atoms with van der Waals surface area (Å²) in [6, 6.07) is 3.92. The zero-order chi connectivity index (χ0) is 14.9. The predicted octanol–water partition coefficient (Wildman–Crippen LogP) is 2.44. The molecule has 1 aliphatic carbocycles. The van der Waals surface area contributed by atoms with Gasteiger partial charge in [-0.2, -0.15) is 13.2 Å². The molecule has 2 rings (SSSR count). The molecule has 1 saturated carbocycles. The molecule has 1 aliphatic rings. The number of nitrogens with two attached hydrogens (primary N) is 1. The molecule has 20 heavy (non-hydrogen) atoms. The molecule has 1 fully saturated rings. The number of alkyl halides is 3. The van der Waals surface area contributed by atoms with Crippen LogP contribution in [0.5, 0.6) is 5.75 Å². The molecule has 0 radical (unpaired) electrons. The van der Waals surface area contributed by atoms with Crippen LogP contribution in [0, 0.1) is 0 Å². The van der Waals surface area contributed by atoms with Crippen LogP contribution in [0.4, 0.5) is 18.9 Å². The highest BCUT2D eigenvalue weighted by Crippen LogP contribution is 2.32. The Morgan fingerprint density at radius 1 is 1.40 bits per heavy atom. The molecule has 0 atom stereocenters.